The Morgan fingerprint density at radius 3 is 2.84 bits per heavy atom. The van der Waals surface area contributed by atoms with Crippen LogP contribution in [-0.4, -0.2) is 26.6 Å². The van der Waals surface area contributed by atoms with E-state index in [2.05, 4.69) is 10.6 Å². The van der Waals surface area contributed by atoms with Crippen molar-refractivity contribution in [3.05, 3.63) is 24.3 Å². The zero-order valence-electron chi connectivity index (χ0n) is 10.3. The minimum Gasteiger partial charge on any atom is -0.312 e. The largest absolute Gasteiger partial charge is 0.312 e. The highest BCUT2D eigenvalue weighted by Crippen LogP contribution is 2.24. The van der Waals surface area contributed by atoms with Gasteiger partial charge >= 0.3 is 0 Å². The van der Waals surface area contributed by atoms with Crippen LogP contribution in [0.3, 0.4) is 0 Å². The van der Waals surface area contributed by atoms with Gasteiger partial charge in [0.2, 0.25) is 15.9 Å². The third-order valence-electron chi connectivity index (χ3n) is 2.78. The van der Waals surface area contributed by atoms with Crippen molar-refractivity contribution < 1.29 is 13.2 Å². The van der Waals surface area contributed by atoms with Crippen molar-refractivity contribution in [3.8, 4) is 12.3 Å². The van der Waals surface area contributed by atoms with E-state index < -0.39 is 10.0 Å². The number of benzene rings is 1. The third kappa shape index (κ3) is 3.26. The molecule has 1 saturated heterocycles. The van der Waals surface area contributed by atoms with Crippen molar-refractivity contribution in [1.29, 1.82) is 0 Å². The van der Waals surface area contributed by atoms with Gasteiger partial charge in [0.15, 0.2) is 0 Å². The van der Waals surface area contributed by atoms with Crippen molar-refractivity contribution in [2.45, 2.75) is 12.8 Å². The van der Waals surface area contributed by atoms with Gasteiger partial charge in [-0.2, -0.15) is 0 Å². The van der Waals surface area contributed by atoms with Crippen LogP contribution in [0.4, 0.5) is 11.4 Å². The number of sulfonamides is 1. The summed E-state index contributed by atoms with van der Waals surface area (Å²) < 4.78 is 25.5. The SMILES string of the molecule is C#CCS(=O)(=O)Nc1cccc(N2CCCC2=O)c1. The average molecular weight is 278 g/mol. The normalized spacial score (nSPS) is 15.3. The zero-order valence-corrected chi connectivity index (χ0v) is 11.1. The molecule has 0 aliphatic carbocycles. The van der Waals surface area contributed by atoms with E-state index in [4.69, 9.17) is 6.42 Å². The maximum Gasteiger partial charge on any atom is 0.244 e. The van der Waals surface area contributed by atoms with E-state index in [9.17, 15) is 13.2 Å². The fourth-order valence-electron chi connectivity index (χ4n) is 1.98. The first-order valence-corrected chi connectivity index (χ1v) is 7.51. The Hall–Kier alpha value is -2.00. The Labute approximate surface area is 112 Å². The lowest BCUT2D eigenvalue weighted by Crippen LogP contribution is -2.24. The van der Waals surface area contributed by atoms with Crippen LogP contribution < -0.4 is 9.62 Å². The topological polar surface area (TPSA) is 66.5 Å². The smallest absolute Gasteiger partial charge is 0.244 e. The number of carbonyl (C=O) groups excluding carboxylic acids is 1. The number of rotatable bonds is 4. The first-order chi connectivity index (χ1) is 9.02. The second kappa shape index (κ2) is 5.33. The third-order valence-corrected chi connectivity index (χ3v) is 3.87. The van der Waals surface area contributed by atoms with Gasteiger partial charge in [-0.25, -0.2) is 8.42 Å². The van der Waals surface area contributed by atoms with Crippen LogP contribution in [0.25, 0.3) is 0 Å². The lowest BCUT2D eigenvalue weighted by molar-refractivity contribution is -0.117. The molecule has 0 spiro atoms. The summed E-state index contributed by atoms with van der Waals surface area (Å²) in [6.45, 7) is 0.666. The number of hydrogen-bond acceptors (Lipinski definition) is 3. The molecular formula is C13H14N2O3S. The number of nitrogens with zero attached hydrogens (tertiary/aromatic N) is 1. The Balaban J connectivity index is 2.21. The van der Waals surface area contributed by atoms with Crippen LogP contribution in [0, 0.1) is 12.3 Å². The molecule has 0 radical (unpaired) electrons. The van der Waals surface area contributed by atoms with E-state index >= 15 is 0 Å². The number of anilines is 2. The van der Waals surface area contributed by atoms with Crippen molar-refractivity contribution in [1.82, 2.24) is 0 Å². The number of carbonyl (C=O) groups is 1. The lowest BCUT2D eigenvalue weighted by Gasteiger charge is -2.16. The standard InChI is InChI=1S/C13H14N2O3S/c1-2-9-19(17,18)14-11-5-3-6-12(10-11)15-8-4-7-13(15)16/h1,3,5-6,10,14H,4,7-9H2. The van der Waals surface area contributed by atoms with Gasteiger partial charge in [0.1, 0.15) is 5.75 Å². The van der Waals surface area contributed by atoms with Crippen molar-refractivity contribution in [3.63, 3.8) is 0 Å². The highest BCUT2D eigenvalue weighted by Gasteiger charge is 2.22. The first-order valence-electron chi connectivity index (χ1n) is 5.86. The van der Waals surface area contributed by atoms with Crippen LogP contribution in [0.15, 0.2) is 24.3 Å². The molecule has 0 saturated carbocycles. The Morgan fingerprint density at radius 1 is 1.42 bits per heavy atom. The van der Waals surface area contributed by atoms with Crippen molar-refractivity contribution in [2.24, 2.45) is 0 Å². The average Bonchev–Trinajstić information content (AvgIpc) is 2.75. The summed E-state index contributed by atoms with van der Waals surface area (Å²) in [6.07, 6.45) is 6.35. The number of terminal acetylenes is 1. The van der Waals surface area contributed by atoms with E-state index in [0.29, 0.717) is 24.3 Å². The van der Waals surface area contributed by atoms with Gasteiger partial charge in [0, 0.05) is 18.7 Å². The molecule has 6 heteroatoms. The molecule has 19 heavy (non-hydrogen) atoms. The fraction of sp³-hybridized carbons (Fsp3) is 0.308. The minimum absolute atomic E-state index is 0.0589. The molecular weight excluding hydrogens is 264 g/mol. The molecule has 2 rings (SSSR count). The number of hydrogen-bond donors (Lipinski definition) is 1. The zero-order chi connectivity index (χ0) is 13.9. The van der Waals surface area contributed by atoms with Crippen LogP contribution in [0.1, 0.15) is 12.8 Å². The van der Waals surface area contributed by atoms with E-state index in [1.807, 2.05) is 0 Å². The van der Waals surface area contributed by atoms with Gasteiger partial charge in [-0.3, -0.25) is 9.52 Å². The highest BCUT2D eigenvalue weighted by molar-refractivity contribution is 7.92. The summed E-state index contributed by atoms with van der Waals surface area (Å²) in [4.78, 5) is 13.3. The van der Waals surface area contributed by atoms with Gasteiger partial charge in [-0.1, -0.05) is 12.0 Å². The first kappa shape index (κ1) is 13.4. The second-order valence-electron chi connectivity index (χ2n) is 4.26. The molecule has 1 aromatic rings. The Bertz CT molecular complexity index is 632. The Morgan fingerprint density at radius 2 is 2.21 bits per heavy atom. The minimum atomic E-state index is -3.53. The summed E-state index contributed by atoms with van der Waals surface area (Å²) in [5.74, 6) is 1.77. The molecule has 5 nitrogen and oxygen atoms in total. The van der Waals surface area contributed by atoms with Crippen LogP contribution in [0.5, 0.6) is 0 Å². The lowest BCUT2D eigenvalue weighted by atomic mass is 10.2. The van der Waals surface area contributed by atoms with Gasteiger partial charge in [0.25, 0.3) is 0 Å². The summed E-state index contributed by atoms with van der Waals surface area (Å²) >= 11 is 0. The van der Waals surface area contributed by atoms with E-state index in [0.717, 1.165) is 6.42 Å². The van der Waals surface area contributed by atoms with E-state index in [1.54, 1.807) is 29.2 Å². The van der Waals surface area contributed by atoms with Gasteiger partial charge in [-0.15, -0.1) is 6.42 Å². The molecule has 0 unspecified atom stereocenters. The molecule has 100 valence electrons. The van der Waals surface area contributed by atoms with Gasteiger partial charge in [0.05, 0.1) is 5.69 Å². The van der Waals surface area contributed by atoms with Crippen molar-refractivity contribution in [2.75, 3.05) is 21.9 Å². The summed E-state index contributed by atoms with van der Waals surface area (Å²) in [5, 5.41) is 0. The molecule has 1 N–H and O–H groups in total. The fourth-order valence-corrected chi connectivity index (χ4v) is 2.76. The molecule has 0 bridgehead atoms. The molecule has 1 aliphatic rings. The molecule has 0 atom stereocenters. The quantitative estimate of drug-likeness (QED) is 0.841. The molecule has 1 heterocycles. The predicted molar refractivity (Wildman–Crippen MR) is 74.3 cm³/mol. The number of nitrogens with one attached hydrogen (secondary N) is 1. The van der Waals surface area contributed by atoms with Gasteiger partial charge in [-0.05, 0) is 24.6 Å². The van der Waals surface area contributed by atoms with Crippen LogP contribution in [-0.2, 0) is 14.8 Å². The van der Waals surface area contributed by atoms with E-state index in [-0.39, 0.29) is 11.7 Å². The van der Waals surface area contributed by atoms with Crippen LogP contribution >= 0.6 is 0 Å². The van der Waals surface area contributed by atoms with E-state index in [1.165, 1.54) is 0 Å². The summed E-state index contributed by atoms with van der Waals surface area (Å²) in [7, 11) is -3.53. The van der Waals surface area contributed by atoms with Gasteiger partial charge < -0.3 is 4.90 Å². The predicted octanol–water partition coefficient (Wildman–Crippen LogP) is 1.19. The maximum absolute atomic E-state index is 11.6. The van der Waals surface area contributed by atoms with Crippen molar-refractivity contribution >= 4 is 27.3 Å². The molecule has 1 fully saturated rings. The molecule has 1 aromatic carbocycles. The number of amides is 1. The second-order valence-corrected chi connectivity index (χ2v) is 5.99. The summed E-state index contributed by atoms with van der Waals surface area (Å²) in [5.41, 5.74) is 1.11. The summed E-state index contributed by atoms with van der Waals surface area (Å²) in [6, 6.07) is 6.74. The molecule has 1 aliphatic heterocycles. The monoisotopic (exact) mass is 278 g/mol. The maximum atomic E-state index is 11.6. The van der Waals surface area contributed by atoms with Crippen LogP contribution in [0.2, 0.25) is 0 Å². The highest BCUT2D eigenvalue weighted by atomic mass is 32.2. The molecule has 0 aromatic heterocycles. The Kier molecular flexibility index (Phi) is 3.76. The molecule has 1 amide bonds.